The van der Waals surface area contributed by atoms with Crippen molar-refractivity contribution < 1.29 is 5.11 Å². The predicted octanol–water partition coefficient (Wildman–Crippen LogP) is 3.92. The quantitative estimate of drug-likeness (QED) is 0.874. The summed E-state index contributed by atoms with van der Waals surface area (Å²) >= 11 is 1.88. The highest BCUT2D eigenvalue weighted by Crippen LogP contribution is 2.32. The minimum absolute atomic E-state index is 0.383. The Morgan fingerprint density at radius 2 is 1.88 bits per heavy atom. The normalized spacial score (nSPS) is 19.2. The molecule has 0 atom stereocenters. The molecule has 17 heavy (non-hydrogen) atoms. The highest BCUT2D eigenvalue weighted by molar-refractivity contribution is 7.98. The van der Waals surface area contributed by atoms with Crippen molar-refractivity contribution in [1.82, 2.24) is 0 Å². The lowest BCUT2D eigenvalue weighted by molar-refractivity contribution is 0.0273. The average Bonchev–Trinajstić information content (AvgIpc) is 2.32. The summed E-state index contributed by atoms with van der Waals surface area (Å²) in [5, 5.41) is 10.4. The molecule has 2 heteroatoms. The van der Waals surface area contributed by atoms with Gasteiger partial charge in [0.15, 0.2) is 0 Å². The van der Waals surface area contributed by atoms with E-state index in [-0.39, 0.29) is 5.60 Å². The monoisotopic (exact) mass is 250 g/mol. The van der Waals surface area contributed by atoms with Crippen LogP contribution in [0.2, 0.25) is 0 Å². The van der Waals surface area contributed by atoms with Crippen molar-refractivity contribution in [3.63, 3.8) is 0 Å². The van der Waals surface area contributed by atoms with E-state index in [9.17, 15) is 5.11 Å². The first-order valence-corrected chi connectivity index (χ1v) is 7.70. The maximum absolute atomic E-state index is 10.4. The van der Waals surface area contributed by atoms with E-state index in [1.165, 1.54) is 30.4 Å². The summed E-state index contributed by atoms with van der Waals surface area (Å²) in [4.78, 5) is 0. The van der Waals surface area contributed by atoms with Crippen LogP contribution in [0.3, 0.4) is 0 Å². The van der Waals surface area contributed by atoms with Gasteiger partial charge in [-0.1, -0.05) is 43.5 Å². The van der Waals surface area contributed by atoms with Crippen LogP contribution in [0.4, 0.5) is 0 Å². The summed E-state index contributed by atoms with van der Waals surface area (Å²) in [6.07, 6.45) is 5.68. The molecule has 0 aromatic heterocycles. The van der Waals surface area contributed by atoms with Crippen LogP contribution in [0.5, 0.6) is 0 Å². The Kier molecular flexibility index (Phi) is 4.52. The molecule has 0 radical (unpaired) electrons. The van der Waals surface area contributed by atoms with E-state index in [2.05, 4.69) is 31.2 Å². The lowest BCUT2D eigenvalue weighted by atomic mass is 9.86. The zero-order valence-electron chi connectivity index (χ0n) is 10.6. The fourth-order valence-electron chi connectivity index (χ4n) is 2.48. The molecule has 1 saturated carbocycles. The first-order valence-electron chi connectivity index (χ1n) is 6.54. The zero-order valence-corrected chi connectivity index (χ0v) is 11.4. The molecule has 0 unspecified atom stereocenters. The van der Waals surface area contributed by atoms with Gasteiger partial charge in [-0.05, 0) is 30.9 Å². The molecule has 1 aromatic carbocycles. The van der Waals surface area contributed by atoms with Crippen molar-refractivity contribution >= 4 is 11.8 Å². The van der Waals surface area contributed by atoms with E-state index in [4.69, 9.17) is 0 Å². The zero-order chi connectivity index (χ0) is 12.1. The van der Waals surface area contributed by atoms with Gasteiger partial charge >= 0.3 is 0 Å². The molecule has 0 heterocycles. The Balaban J connectivity index is 1.81. The van der Waals surface area contributed by atoms with Gasteiger partial charge in [-0.25, -0.2) is 0 Å². The van der Waals surface area contributed by atoms with Gasteiger partial charge < -0.3 is 5.11 Å². The van der Waals surface area contributed by atoms with E-state index in [1.807, 2.05) is 11.8 Å². The van der Waals surface area contributed by atoms with Gasteiger partial charge in [0, 0.05) is 11.5 Å². The van der Waals surface area contributed by atoms with Gasteiger partial charge in [0.05, 0.1) is 5.60 Å². The Morgan fingerprint density at radius 3 is 2.59 bits per heavy atom. The van der Waals surface area contributed by atoms with Crippen LogP contribution in [0.25, 0.3) is 0 Å². The highest BCUT2D eigenvalue weighted by Gasteiger charge is 2.28. The van der Waals surface area contributed by atoms with E-state index in [0.29, 0.717) is 0 Å². The fraction of sp³-hybridized carbons (Fsp3) is 0.600. The van der Waals surface area contributed by atoms with Gasteiger partial charge in [-0.2, -0.15) is 11.8 Å². The van der Waals surface area contributed by atoms with Crippen molar-refractivity contribution in [2.45, 2.75) is 50.4 Å². The largest absolute Gasteiger partial charge is 0.389 e. The Morgan fingerprint density at radius 1 is 1.18 bits per heavy atom. The molecule has 0 amide bonds. The van der Waals surface area contributed by atoms with Crippen molar-refractivity contribution in [3.05, 3.63) is 35.4 Å². The van der Waals surface area contributed by atoms with Crippen molar-refractivity contribution in [3.8, 4) is 0 Å². The van der Waals surface area contributed by atoms with E-state index >= 15 is 0 Å². The third-order valence-corrected chi connectivity index (χ3v) is 4.93. The second-order valence-electron chi connectivity index (χ2n) is 5.20. The van der Waals surface area contributed by atoms with Crippen molar-refractivity contribution in [2.75, 3.05) is 5.75 Å². The molecule has 0 aliphatic heterocycles. The predicted molar refractivity (Wildman–Crippen MR) is 75.4 cm³/mol. The highest BCUT2D eigenvalue weighted by atomic mass is 32.2. The maximum atomic E-state index is 10.4. The molecule has 0 bridgehead atoms. The molecular weight excluding hydrogens is 228 g/mol. The molecule has 1 fully saturated rings. The summed E-state index contributed by atoms with van der Waals surface area (Å²) < 4.78 is 0. The minimum atomic E-state index is -0.383. The SMILES string of the molecule is Cc1ccccc1CSCC1(O)CCCCC1. The smallest absolute Gasteiger partial charge is 0.0737 e. The molecule has 94 valence electrons. The molecule has 2 rings (SSSR count). The summed E-state index contributed by atoms with van der Waals surface area (Å²) in [6.45, 7) is 2.16. The van der Waals surface area contributed by atoms with Crippen LogP contribution in [-0.2, 0) is 5.75 Å². The van der Waals surface area contributed by atoms with Crippen LogP contribution in [-0.4, -0.2) is 16.5 Å². The third-order valence-electron chi connectivity index (χ3n) is 3.67. The van der Waals surface area contributed by atoms with Crippen LogP contribution in [0.1, 0.15) is 43.2 Å². The molecule has 1 aliphatic carbocycles. The second-order valence-corrected chi connectivity index (χ2v) is 6.19. The number of aryl methyl sites for hydroxylation is 1. The molecule has 1 N–H and O–H groups in total. The fourth-order valence-corrected chi connectivity index (χ4v) is 3.79. The Labute approximate surface area is 109 Å². The van der Waals surface area contributed by atoms with Crippen LogP contribution >= 0.6 is 11.8 Å². The van der Waals surface area contributed by atoms with Crippen LogP contribution < -0.4 is 0 Å². The van der Waals surface area contributed by atoms with Gasteiger partial charge in [-0.3, -0.25) is 0 Å². The van der Waals surface area contributed by atoms with Gasteiger partial charge in [-0.15, -0.1) is 0 Å². The average molecular weight is 250 g/mol. The topological polar surface area (TPSA) is 20.2 Å². The van der Waals surface area contributed by atoms with Crippen LogP contribution in [0, 0.1) is 6.92 Å². The number of benzene rings is 1. The van der Waals surface area contributed by atoms with E-state index in [0.717, 1.165) is 24.3 Å². The van der Waals surface area contributed by atoms with Crippen molar-refractivity contribution in [1.29, 1.82) is 0 Å². The number of hydrogen-bond acceptors (Lipinski definition) is 2. The first kappa shape index (κ1) is 13.0. The van der Waals surface area contributed by atoms with E-state index < -0.39 is 0 Å². The number of aliphatic hydroxyl groups is 1. The van der Waals surface area contributed by atoms with Gasteiger partial charge in [0.1, 0.15) is 0 Å². The third kappa shape index (κ3) is 3.75. The molecule has 0 saturated heterocycles. The second kappa shape index (κ2) is 5.92. The number of hydrogen-bond donors (Lipinski definition) is 1. The van der Waals surface area contributed by atoms with E-state index in [1.54, 1.807) is 0 Å². The van der Waals surface area contributed by atoms with Crippen molar-refractivity contribution in [2.24, 2.45) is 0 Å². The lowest BCUT2D eigenvalue weighted by Gasteiger charge is -2.31. The van der Waals surface area contributed by atoms with Crippen LogP contribution in [0.15, 0.2) is 24.3 Å². The molecule has 1 nitrogen and oxygen atoms in total. The molecular formula is C15H22OS. The first-order chi connectivity index (χ1) is 8.20. The molecule has 1 aromatic rings. The summed E-state index contributed by atoms with van der Waals surface area (Å²) in [7, 11) is 0. The molecule has 0 spiro atoms. The number of rotatable bonds is 4. The standard InChI is InChI=1S/C15H22OS/c1-13-7-3-4-8-14(13)11-17-12-15(16)9-5-2-6-10-15/h3-4,7-8,16H,2,5-6,9-12H2,1H3. The van der Waals surface area contributed by atoms with Gasteiger partial charge in [0.2, 0.25) is 0 Å². The summed E-state index contributed by atoms with van der Waals surface area (Å²) in [6, 6.07) is 8.52. The summed E-state index contributed by atoms with van der Waals surface area (Å²) in [5.41, 5.74) is 2.37. The lowest BCUT2D eigenvalue weighted by Crippen LogP contribution is -2.34. The minimum Gasteiger partial charge on any atom is -0.389 e. The molecule has 1 aliphatic rings. The Bertz CT molecular complexity index is 356. The summed E-state index contributed by atoms with van der Waals surface area (Å²) in [5.74, 6) is 1.91. The maximum Gasteiger partial charge on any atom is 0.0737 e. The number of thioether (sulfide) groups is 1. The van der Waals surface area contributed by atoms with Gasteiger partial charge in [0.25, 0.3) is 0 Å². The Hall–Kier alpha value is -0.470.